The number of imidazole rings is 2. The van der Waals surface area contributed by atoms with E-state index >= 15 is 0 Å². The number of aromatic nitrogens is 9. The number of anilines is 2. The Kier molecular flexibility index (Phi) is 11.7. The fraction of sp³-hybridized carbons (Fsp3) is 0.209. The molecule has 0 fully saturated rings. The topological polar surface area (TPSA) is 164 Å². The maximum absolute atomic E-state index is 12.3. The molecule has 0 saturated carbocycles. The zero-order chi connectivity index (χ0) is 39.5. The summed E-state index contributed by atoms with van der Waals surface area (Å²) in [6.45, 7) is 2.55. The third kappa shape index (κ3) is 8.54. The van der Waals surface area contributed by atoms with Gasteiger partial charge in [-0.05, 0) is 103 Å². The third-order valence-corrected chi connectivity index (χ3v) is 9.65. The average Bonchev–Trinajstić information content (AvgIpc) is 4.00. The van der Waals surface area contributed by atoms with Gasteiger partial charge in [0.25, 0.3) is 0 Å². The first-order valence-corrected chi connectivity index (χ1v) is 19.3. The number of benzene rings is 4. The summed E-state index contributed by atoms with van der Waals surface area (Å²) in [6, 6.07) is 36.8. The van der Waals surface area contributed by atoms with Crippen LogP contribution in [0.2, 0.25) is 0 Å². The normalized spacial score (nSPS) is 11.1. The van der Waals surface area contributed by atoms with Crippen molar-refractivity contribution in [1.82, 2.24) is 43.7 Å². The molecule has 0 saturated heterocycles. The number of fused-ring (bicyclic) bond motifs is 6. The van der Waals surface area contributed by atoms with Crippen LogP contribution in [-0.4, -0.2) is 70.0 Å². The second kappa shape index (κ2) is 18.0. The number of halogens is 1. The van der Waals surface area contributed by atoms with Crippen molar-refractivity contribution in [1.29, 1.82) is 0 Å². The molecule has 9 rings (SSSR count). The van der Waals surface area contributed by atoms with Gasteiger partial charge in [0.05, 0.1) is 45.8 Å². The van der Waals surface area contributed by atoms with E-state index in [1.54, 1.807) is 12.4 Å². The molecule has 0 amide bonds. The number of nitrogens with one attached hydrogen (secondary N) is 2. The molecule has 0 unspecified atom stereocenters. The van der Waals surface area contributed by atoms with Crippen LogP contribution in [0.15, 0.2) is 133 Å². The van der Waals surface area contributed by atoms with Crippen molar-refractivity contribution in [2.24, 2.45) is 5.11 Å². The number of hydrogen-bond donors (Lipinski definition) is 2. The van der Waals surface area contributed by atoms with Gasteiger partial charge in [-0.25, -0.2) is 19.9 Å². The molecular weight excluding hydrogens is 732 g/mol. The number of nitrogens with zero attached hydrogens (tertiary/aromatic N) is 12. The fourth-order valence-electron chi connectivity index (χ4n) is 6.85. The molecule has 2 N–H and O–H groups in total. The fourth-order valence-corrected chi connectivity index (χ4v) is 6.85. The van der Waals surface area contributed by atoms with Crippen molar-refractivity contribution in [3.05, 3.63) is 144 Å². The van der Waals surface area contributed by atoms with Crippen LogP contribution in [0.25, 0.3) is 66.6 Å². The van der Waals surface area contributed by atoms with E-state index < -0.39 is 0 Å². The Hall–Kier alpha value is -7.38. The molecule has 14 nitrogen and oxygen atoms in total. The SMILES string of the molecule is FCCCc1cn(CCCNc2ccc(-c3ccnc4nc5ccccc5n34)cc2)nn1.[N-]=[N+]=NCCCNc1ccc(-c2ccnc3nc4ccccc4n23)cc1. The molecule has 15 heteroatoms. The summed E-state index contributed by atoms with van der Waals surface area (Å²) in [6.07, 6.45) is 8.35. The van der Waals surface area contributed by atoms with E-state index in [0.29, 0.717) is 30.9 Å². The Balaban J connectivity index is 0.000000165. The van der Waals surface area contributed by atoms with E-state index in [4.69, 9.17) is 5.53 Å². The first-order valence-electron chi connectivity index (χ1n) is 19.3. The number of azide groups is 1. The number of hydrogen-bond acceptors (Lipinski definition) is 9. The van der Waals surface area contributed by atoms with Crippen molar-refractivity contribution >= 4 is 45.0 Å². The molecule has 0 bridgehead atoms. The lowest BCUT2D eigenvalue weighted by atomic mass is 10.1. The Morgan fingerprint density at radius 3 is 1.76 bits per heavy atom. The monoisotopic (exact) mass is 772 g/mol. The minimum Gasteiger partial charge on any atom is -0.385 e. The highest BCUT2D eigenvalue weighted by Crippen LogP contribution is 2.27. The molecule has 5 heterocycles. The van der Waals surface area contributed by atoms with Crippen LogP contribution < -0.4 is 10.6 Å². The Morgan fingerprint density at radius 1 is 0.655 bits per heavy atom. The van der Waals surface area contributed by atoms with E-state index in [2.05, 4.69) is 108 Å². The first-order chi connectivity index (χ1) is 28.7. The van der Waals surface area contributed by atoms with Crippen molar-refractivity contribution < 1.29 is 4.39 Å². The van der Waals surface area contributed by atoms with Crippen LogP contribution >= 0.6 is 0 Å². The molecule has 9 aromatic rings. The molecule has 0 spiro atoms. The van der Waals surface area contributed by atoms with Gasteiger partial charge in [-0.3, -0.25) is 17.9 Å². The summed E-state index contributed by atoms with van der Waals surface area (Å²) in [7, 11) is 0. The standard InChI is InChI=1S/C24H24FN7.C19H17N7/c25-13-3-5-20-17-31(30-29-20)16-4-14-26-19-10-8-18(9-11-19)22-12-15-27-24-28-21-6-1-2-7-23(21)32(22)24;20-25-23-12-3-11-21-15-8-6-14(7-9-15)17-10-13-22-19-24-16-4-1-2-5-18(16)26(17)19/h1-2,6-12,15,17,26H,3-5,13-14,16H2;1-2,4-10,13,21H,3,11-12H2. The van der Waals surface area contributed by atoms with Crippen LogP contribution in [-0.2, 0) is 13.0 Å². The minimum absolute atomic E-state index is 0.319. The smallest absolute Gasteiger partial charge is 0.235 e. The number of alkyl halides is 1. The maximum atomic E-state index is 12.3. The highest BCUT2D eigenvalue weighted by atomic mass is 19.1. The second-order valence-electron chi connectivity index (χ2n) is 13.6. The zero-order valence-electron chi connectivity index (χ0n) is 31.7. The highest BCUT2D eigenvalue weighted by molar-refractivity contribution is 5.84. The molecule has 58 heavy (non-hydrogen) atoms. The predicted molar refractivity (Wildman–Crippen MR) is 226 cm³/mol. The number of para-hydroxylation sites is 4. The van der Waals surface area contributed by atoms with E-state index in [9.17, 15) is 4.39 Å². The van der Waals surface area contributed by atoms with Crippen LogP contribution in [0.3, 0.4) is 0 Å². The molecule has 5 aromatic heterocycles. The van der Waals surface area contributed by atoms with Crippen molar-refractivity contribution in [2.75, 3.05) is 36.9 Å². The number of aryl methyl sites for hydroxylation is 2. The van der Waals surface area contributed by atoms with E-state index in [-0.39, 0.29) is 6.67 Å². The average molecular weight is 773 g/mol. The molecule has 4 aromatic carbocycles. The molecule has 0 aliphatic rings. The second-order valence-corrected chi connectivity index (χ2v) is 13.6. The summed E-state index contributed by atoms with van der Waals surface area (Å²) in [5, 5.41) is 18.5. The van der Waals surface area contributed by atoms with Gasteiger partial charge in [0.1, 0.15) is 0 Å². The lowest BCUT2D eigenvalue weighted by Crippen LogP contribution is -2.07. The Labute approximate surface area is 333 Å². The molecule has 0 aliphatic heterocycles. The summed E-state index contributed by atoms with van der Waals surface area (Å²) in [4.78, 5) is 20.8. The molecule has 0 radical (unpaired) electrons. The summed E-state index contributed by atoms with van der Waals surface area (Å²) < 4.78 is 18.3. The molecule has 290 valence electrons. The maximum Gasteiger partial charge on any atom is 0.235 e. The summed E-state index contributed by atoms with van der Waals surface area (Å²) >= 11 is 0. The van der Waals surface area contributed by atoms with Crippen molar-refractivity contribution in [3.63, 3.8) is 0 Å². The molecule has 0 aliphatic carbocycles. The van der Waals surface area contributed by atoms with Crippen LogP contribution in [0.4, 0.5) is 15.8 Å². The predicted octanol–water partition coefficient (Wildman–Crippen LogP) is 9.21. The third-order valence-electron chi connectivity index (χ3n) is 9.65. The number of rotatable bonds is 15. The minimum atomic E-state index is -0.319. The summed E-state index contributed by atoms with van der Waals surface area (Å²) in [5.74, 6) is 1.40. The van der Waals surface area contributed by atoms with E-state index in [1.165, 1.54) is 0 Å². The molecular formula is C43H41FN14. The molecule has 0 atom stereocenters. The van der Waals surface area contributed by atoms with E-state index in [1.807, 2.05) is 71.5 Å². The van der Waals surface area contributed by atoms with Crippen molar-refractivity contribution in [2.45, 2.75) is 32.2 Å². The largest absolute Gasteiger partial charge is 0.385 e. The van der Waals surface area contributed by atoms with Crippen molar-refractivity contribution in [3.8, 4) is 22.5 Å². The van der Waals surface area contributed by atoms with Gasteiger partial charge in [-0.1, -0.05) is 58.9 Å². The zero-order valence-corrected chi connectivity index (χ0v) is 31.7. The van der Waals surface area contributed by atoms with Gasteiger partial charge in [0, 0.05) is 61.1 Å². The Bertz CT molecular complexity index is 2800. The van der Waals surface area contributed by atoms with E-state index in [0.717, 1.165) is 94.1 Å². The Morgan fingerprint density at radius 2 is 1.21 bits per heavy atom. The lowest BCUT2D eigenvalue weighted by Gasteiger charge is -2.09. The quantitative estimate of drug-likeness (QED) is 0.0451. The van der Waals surface area contributed by atoms with Gasteiger partial charge in [0.2, 0.25) is 11.6 Å². The van der Waals surface area contributed by atoms with Crippen LogP contribution in [0.5, 0.6) is 0 Å². The van der Waals surface area contributed by atoms with Gasteiger partial charge in [-0.2, -0.15) is 0 Å². The van der Waals surface area contributed by atoms with Gasteiger partial charge < -0.3 is 10.6 Å². The van der Waals surface area contributed by atoms with Gasteiger partial charge >= 0.3 is 0 Å². The van der Waals surface area contributed by atoms with Crippen LogP contribution in [0.1, 0.15) is 25.0 Å². The van der Waals surface area contributed by atoms with Gasteiger partial charge in [-0.15, -0.1) is 5.10 Å². The van der Waals surface area contributed by atoms with Gasteiger partial charge in [0.15, 0.2) is 0 Å². The first kappa shape index (κ1) is 37.5. The van der Waals surface area contributed by atoms with Crippen LogP contribution in [0, 0.1) is 0 Å². The highest BCUT2D eigenvalue weighted by Gasteiger charge is 2.12. The summed E-state index contributed by atoms with van der Waals surface area (Å²) in [5.41, 5.74) is 19.5. The lowest BCUT2D eigenvalue weighted by molar-refractivity contribution is 0.471.